The van der Waals surface area contributed by atoms with Crippen LogP contribution in [0.25, 0.3) is 0 Å². The van der Waals surface area contributed by atoms with Crippen molar-refractivity contribution in [1.29, 1.82) is 0 Å². The van der Waals surface area contributed by atoms with Crippen molar-refractivity contribution in [3.05, 3.63) is 12.2 Å². The van der Waals surface area contributed by atoms with E-state index in [1.165, 1.54) is 13.4 Å². The average Bonchev–Trinajstić information content (AvgIpc) is 2.52. The van der Waals surface area contributed by atoms with E-state index in [9.17, 15) is 4.79 Å². The van der Waals surface area contributed by atoms with Crippen molar-refractivity contribution in [2.24, 2.45) is 7.05 Å². The lowest BCUT2D eigenvalue weighted by atomic mass is 10.5. The van der Waals surface area contributed by atoms with E-state index >= 15 is 0 Å². The van der Waals surface area contributed by atoms with Gasteiger partial charge in [-0.25, -0.2) is 4.98 Å². The Labute approximate surface area is 75.9 Å². The van der Waals surface area contributed by atoms with E-state index in [1.807, 2.05) is 0 Å². The first-order valence-corrected chi connectivity index (χ1v) is 3.84. The van der Waals surface area contributed by atoms with Gasteiger partial charge in [-0.2, -0.15) is 5.10 Å². The summed E-state index contributed by atoms with van der Waals surface area (Å²) in [5, 5.41) is 6.77. The van der Waals surface area contributed by atoms with Gasteiger partial charge < -0.3 is 4.74 Å². The summed E-state index contributed by atoms with van der Waals surface area (Å²) in [7, 11) is 3.15. The molecule has 1 N–H and O–H groups in total. The average molecular weight is 184 g/mol. The Morgan fingerprint density at radius 3 is 3.08 bits per heavy atom. The van der Waals surface area contributed by atoms with Crippen LogP contribution in [-0.4, -0.2) is 34.4 Å². The zero-order valence-electron chi connectivity index (χ0n) is 7.65. The largest absolute Gasteiger partial charge is 0.468 e. The summed E-state index contributed by atoms with van der Waals surface area (Å²) < 4.78 is 6.10. The number of esters is 1. The Bertz CT molecular complexity index is 284. The molecular weight excluding hydrogens is 172 g/mol. The maximum Gasteiger partial charge on any atom is 0.319 e. The summed E-state index contributed by atoms with van der Waals surface area (Å²) in [4.78, 5) is 14.7. The van der Waals surface area contributed by atoms with Gasteiger partial charge >= 0.3 is 5.97 Å². The molecule has 72 valence electrons. The Morgan fingerprint density at radius 1 is 1.77 bits per heavy atom. The van der Waals surface area contributed by atoms with Crippen LogP contribution in [0.3, 0.4) is 0 Å². The minimum atomic E-state index is -0.290. The molecule has 6 heteroatoms. The molecule has 13 heavy (non-hydrogen) atoms. The summed E-state index contributed by atoms with van der Waals surface area (Å²) in [5.74, 6) is 0.492. The highest BCUT2D eigenvalue weighted by Gasteiger charge is 2.02. The summed E-state index contributed by atoms with van der Waals surface area (Å²) >= 11 is 0. The van der Waals surface area contributed by atoms with E-state index in [1.54, 1.807) is 11.7 Å². The lowest BCUT2D eigenvalue weighted by Gasteiger charge is -2.01. The molecule has 0 spiro atoms. The number of hydrogen-bond acceptors (Lipinski definition) is 5. The molecule has 0 aliphatic rings. The molecule has 6 nitrogen and oxygen atoms in total. The maximum atomic E-state index is 10.7. The molecule has 1 aromatic rings. The molecule has 1 rings (SSSR count). The predicted octanol–water partition coefficient (Wildman–Crippen LogP) is -0.922. The fourth-order valence-corrected chi connectivity index (χ4v) is 0.829. The van der Waals surface area contributed by atoms with Crippen LogP contribution >= 0.6 is 0 Å². The second-order valence-corrected chi connectivity index (χ2v) is 2.48. The molecule has 0 atom stereocenters. The third kappa shape index (κ3) is 2.83. The van der Waals surface area contributed by atoms with Gasteiger partial charge in [0.2, 0.25) is 0 Å². The number of methoxy groups -OCH3 is 1. The van der Waals surface area contributed by atoms with Gasteiger partial charge in [0, 0.05) is 7.05 Å². The van der Waals surface area contributed by atoms with Gasteiger partial charge in [0.05, 0.1) is 20.2 Å². The first-order chi connectivity index (χ1) is 6.24. The molecule has 0 aliphatic carbocycles. The molecule has 1 aromatic heterocycles. The topological polar surface area (TPSA) is 69.0 Å². The van der Waals surface area contributed by atoms with E-state index in [-0.39, 0.29) is 12.5 Å². The summed E-state index contributed by atoms with van der Waals surface area (Å²) in [6, 6.07) is 0. The number of ether oxygens (including phenoxy) is 1. The van der Waals surface area contributed by atoms with E-state index in [0.717, 1.165) is 5.82 Å². The number of nitrogens with zero attached hydrogens (tertiary/aromatic N) is 3. The number of rotatable bonds is 4. The molecule has 0 saturated heterocycles. The zero-order chi connectivity index (χ0) is 9.68. The fraction of sp³-hybridized carbons (Fsp3) is 0.571. The molecule has 0 unspecified atom stereocenters. The quantitative estimate of drug-likeness (QED) is 0.613. The minimum absolute atomic E-state index is 0.184. The number of carbonyl (C=O) groups excluding carboxylic acids is 1. The van der Waals surface area contributed by atoms with Crippen LogP contribution < -0.4 is 5.32 Å². The van der Waals surface area contributed by atoms with Gasteiger partial charge in [0.15, 0.2) is 0 Å². The first kappa shape index (κ1) is 9.66. The van der Waals surface area contributed by atoms with Crippen molar-refractivity contribution >= 4 is 5.97 Å². The van der Waals surface area contributed by atoms with E-state index in [0.29, 0.717) is 6.54 Å². The third-order valence-corrected chi connectivity index (χ3v) is 1.59. The third-order valence-electron chi connectivity index (χ3n) is 1.59. The van der Waals surface area contributed by atoms with Crippen LogP contribution in [0.4, 0.5) is 0 Å². The second-order valence-electron chi connectivity index (χ2n) is 2.48. The van der Waals surface area contributed by atoms with Crippen LogP contribution in [0.5, 0.6) is 0 Å². The number of carbonyl (C=O) groups is 1. The lowest BCUT2D eigenvalue weighted by molar-refractivity contribution is -0.139. The summed E-state index contributed by atoms with van der Waals surface area (Å²) in [5.41, 5.74) is 0. The zero-order valence-corrected chi connectivity index (χ0v) is 7.65. The van der Waals surface area contributed by atoms with Crippen LogP contribution in [0, 0.1) is 0 Å². The Balaban J connectivity index is 2.28. The predicted molar refractivity (Wildman–Crippen MR) is 44.7 cm³/mol. The van der Waals surface area contributed by atoms with Crippen molar-refractivity contribution < 1.29 is 9.53 Å². The molecule has 0 amide bonds. The highest BCUT2D eigenvalue weighted by molar-refractivity contribution is 5.71. The second kappa shape index (κ2) is 4.56. The van der Waals surface area contributed by atoms with Crippen molar-refractivity contribution in [1.82, 2.24) is 20.1 Å². The first-order valence-electron chi connectivity index (χ1n) is 3.84. The number of aryl methyl sites for hydroxylation is 1. The van der Waals surface area contributed by atoms with E-state index in [2.05, 4.69) is 20.1 Å². The van der Waals surface area contributed by atoms with Gasteiger partial charge in [-0.1, -0.05) is 0 Å². The molecular formula is C7H12N4O2. The molecule has 0 radical (unpaired) electrons. The summed E-state index contributed by atoms with van der Waals surface area (Å²) in [6.07, 6.45) is 1.47. The van der Waals surface area contributed by atoms with Gasteiger partial charge in [0.1, 0.15) is 12.2 Å². The van der Waals surface area contributed by atoms with Crippen LogP contribution in [0.1, 0.15) is 5.82 Å². The Hall–Kier alpha value is -1.43. The normalized spacial score (nSPS) is 10.0. The molecule has 1 heterocycles. The standard InChI is InChI=1S/C7H12N4O2/c1-11-6(9-5-10-11)3-8-4-7(12)13-2/h5,8H,3-4H2,1-2H3. The monoisotopic (exact) mass is 184 g/mol. The maximum absolute atomic E-state index is 10.7. The molecule has 0 bridgehead atoms. The highest BCUT2D eigenvalue weighted by Crippen LogP contribution is 1.88. The van der Waals surface area contributed by atoms with Crippen LogP contribution in [0.2, 0.25) is 0 Å². The van der Waals surface area contributed by atoms with Gasteiger partial charge in [-0.15, -0.1) is 0 Å². The smallest absolute Gasteiger partial charge is 0.319 e. The molecule has 0 saturated carbocycles. The van der Waals surface area contributed by atoms with Gasteiger partial charge in [-0.05, 0) is 0 Å². The number of hydrogen-bond donors (Lipinski definition) is 1. The molecule has 0 fully saturated rings. The number of nitrogens with one attached hydrogen (secondary N) is 1. The van der Waals surface area contributed by atoms with Crippen LogP contribution in [-0.2, 0) is 23.1 Å². The highest BCUT2D eigenvalue weighted by atomic mass is 16.5. The van der Waals surface area contributed by atoms with E-state index in [4.69, 9.17) is 0 Å². The van der Waals surface area contributed by atoms with Crippen molar-refractivity contribution in [3.8, 4) is 0 Å². The fourth-order valence-electron chi connectivity index (χ4n) is 0.829. The van der Waals surface area contributed by atoms with Crippen LogP contribution in [0.15, 0.2) is 6.33 Å². The van der Waals surface area contributed by atoms with Crippen molar-refractivity contribution in [2.75, 3.05) is 13.7 Å². The lowest BCUT2D eigenvalue weighted by Crippen LogP contribution is -2.24. The number of aromatic nitrogens is 3. The SMILES string of the molecule is COC(=O)CNCc1ncnn1C. The molecule has 0 aromatic carbocycles. The van der Waals surface area contributed by atoms with Gasteiger partial charge in [-0.3, -0.25) is 14.8 Å². The van der Waals surface area contributed by atoms with Crippen molar-refractivity contribution in [2.45, 2.75) is 6.54 Å². The molecule has 0 aliphatic heterocycles. The van der Waals surface area contributed by atoms with Gasteiger partial charge in [0.25, 0.3) is 0 Å². The minimum Gasteiger partial charge on any atom is -0.468 e. The Morgan fingerprint density at radius 2 is 2.54 bits per heavy atom. The Kier molecular flexibility index (Phi) is 3.39. The summed E-state index contributed by atoms with van der Waals surface area (Å²) in [6.45, 7) is 0.689. The van der Waals surface area contributed by atoms with E-state index < -0.39 is 0 Å². The van der Waals surface area contributed by atoms with Crippen molar-refractivity contribution in [3.63, 3.8) is 0 Å².